The monoisotopic (exact) mass is 356 g/mol. The van der Waals surface area contributed by atoms with Gasteiger partial charge in [0.2, 0.25) is 0 Å². The van der Waals surface area contributed by atoms with Crippen molar-refractivity contribution in [2.75, 3.05) is 5.75 Å². The van der Waals surface area contributed by atoms with Crippen LogP contribution in [0.3, 0.4) is 0 Å². The number of hydrogen-bond acceptors (Lipinski definition) is 3. The molecule has 1 N–H and O–H groups in total. The van der Waals surface area contributed by atoms with Crippen LogP contribution >= 0.6 is 27.7 Å². The third kappa shape index (κ3) is 2.99. The van der Waals surface area contributed by atoms with Crippen LogP contribution in [0.5, 0.6) is 0 Å². The molecule has 0 fully saturated rings. The lowest BCUT2D eigenvalue weighted by atomic mass is 10.3. The number of carboxylic acid groups (broad SMARTS) is 1. The lowest BCUT2D eigenvalue weighted by Gasteiger charge is -2.09. The smallest absolute Gasteiger partial charge is 0.332 e. The van der Waals surface area contributed by atoms with Crippen LogP contribution in [0.2, 0.25) is 0 Å². The average Bonchev–Trinajstić information content (AvgIpc) is 2.64. The maximum Gasteiger partial charge on any atom is 0.332 e. The van der Waals surface area contributed by atoms with Crippen LogP contribution in [-0.4, -0.2) is 26.0 Å². The molecule has 0 bridgehead atoms. The zero-order valence-electron chi connectivity index (χ0n) is 11.0. The Morgan fingerprint density at radius 2 is 2.15 bits per heavy atom. The SMILES string of the molecule is Cc1cn(-c2ccc(Br)cc2SCC(=O)O)c(=O)n1C. The van der Waals surface area contributed by atoms with E-state index in [0.29, 0.717) is 5.69 Å². The van der Waals surface area contributed by atoms with E-state index in [1.165, 1.54) is 16.3 Å². The highest BCUT2D eigenvalue weighted by atomic mass is 79.9. The molecule has 7 heteroatoms. The predicted octanol–water partition coefficient (Wildman–Crippen LogP) is 2.42. The van der Waals surface area contributed by atoms with E-state index < -0.39 is 5.97 Å². The van der Waals surface area contributed by atoms with Gasteiger partial charge < -0.3 is 5.11 Å². The molecule has 0 aliphatic heterocycles. The van der Waals surface area contributed by atoms with Gasteiger partial charge in [0.25, 0.3) is 0 Å². The quantitative estimate of drug-likeness (QED) is 0.854. The molecule has 5 nitrogen and oxygen atoms in total. The Bertz CT molecular complexity index is 721. The molecular formula is C13H13BrN2O3S. The largest absolute Gasteiger partial charge is 0.481 e. The van der Waals surface area contributed by atoms with Crippen molar-refractivity contribution in [2.24, 2.45) is 7.05 Å². The van der Waals surface area contributed by atoms with Crippen LogP contribution in [0.4, 0.5) is 0 Å². The summed E-state index contributed by atoms with van der Waals surface area (Å²) in [6.07, 6.45) is 1.75. The molecule has 0 saturated heterocycles. The van der Waals surface area contributed by atoms with E-state index >= 15 is 0 Å². The number of halogens is 1. The fourth-order valence-electron chi connectivity index (χ4n) is 1.76. The van der Waals surface area contributed by atoms with Crippen LogP contribution < -0.4 is 5.69 Å². The van der Waals surface area contributed by atoms with Gasteiger partial charge in [0.1, 0.15) is 0 Å². The Morgan fingerprint density at radius 3 is 2.70 bits per heavy atom. The summed E-state index contributed by atoms with van der Waals surface area (Å²) in [6.45, 7) is 1.85. The summed E-state index contributed by atoms with van der Waals surface area (Å²) in [5, 5.41) is 8.80. The van der Waals surface area contributed by atoms with Gasteiger partial charge in [-0.3, -0.25) is 13.9 Å². The summed E-state index contributed by atoms with van der Waals surface area (Å²) in [4.78, 5) is 23.6. The zero-order valence-corrected chi connectivity index (χ0v) is 13.4. The normalized spacial score (nSPS) is 10.8. The number of aliphatic carboxylic acids is 1. The van der Waals surface area contributed by atoms with Crippen molar-refractivity contribution < 1.29 is 9.90 Å². The lowest BCUT2D eigenvalue weighted by Crippen LogP contribution is -2.21. The molecule has 106 valence electrons. The van der Waals surface area contributed by atoms with Gasteiger partial charge in [-0.05, 0) is 25.1 Å². The third-order valence-corrected chi connectivity index (χ3v) is 4.39. The molecule has 0 spiro atoms. The number of aryl methyl sites for hydroxylation is 1. The fourth-order valence-corrected chi connectivity index (χ4v) is 3.07. The summed E-state index contributed by atoms with van der Waals surface area (Å²) in [5.41, 5.74) is 1.38. The van der Waals surface area contributed by atoms with Crippen LogP contribution in [0, 0.1) is 6.92 Å². The molecular weight excluding hydrogens is 344 g/mol. The van der Waals surface area contributed by atoms with Crippen LogP contribution in [-0.2, 0) is 11.8 Å². The van der Waals surface area contributed by atoms with Gasteiger partial charge in [-0.15, -0.1) is 11.8 Å². The van der Waals surface area contributed by atoms with E-state index in [0.717, 1.165) is 15.1 Å². The van der Waals surface area contributed by atoms with E-state index in [1.54, 1.807) is 23.9 Å². The number of nitrogens with zero attached hydrogens (tertiary/aromatic N) is 2. The number of imidazole rings is 1. The van der Waals surface area contributed by atoms with E-state index in [4.69, 9.17) is 5.11 Å². The van der Waals surface area contributed by atoms with Crippen molar-refractivity contribution in [3.05, 3.63) is 45.0 Å². The minimum Gasteiger partial charge on any atom is -0.481 e. The van der Waals surface area contributed by atoms with Crippen molar-refractivity contribution >= 4 is 33.7 Å². The Hall–Kier alpha value is -1.47. The van der Waals surface area contributed by atoms with Crippen molar-refractivity contribution in [1.82, 2.24) is 9.13 Å². The molecule has 1 aromatic heterocycles. The first kappa shape index (κ1) is 14.9. The Balaban J connectivity index is 2.52. The molecule has 1 heterocycles. The number of aromatic nitrogens is 2. The van der Waals surface area contributed by atoms with Crippen LogP contribution in [0.1, 0.15) is 5.69 Å². The molecule has 0 atom stereocenters. The van der Waals surface area contributed by atoms with Gasteiger partial charge in [0.15, 0.2) is 0 Å². The first-order valence-corrected chi connectivity index (χ1v) is 7.57. The molecule has 0 radical (unpaired) electrons. The maximum absolute atomic E-state index is 12.2. The molecule has 2 rings (SSSR count). The molecule has 1 aromatic carbocycles. The molecule has 0 aliphatic carbocycles. The summed E-state index contributed by atoms with van der Waals surface area (Å²) < 4.78 is 3.93. The highest BCUT2D eigenvalue weighted by Crippen LogP contribution is 2.28. The molecule has 0 amide bonds. The molecule has 0 saturated carbocycles. The van der Waals surface area contributed by atoms with Gasteiger partial charge in [-0.1, -0.05) is 15.9 Å². The van der Waals surface area contributed by atoms with E-state index in [-0.39, 0.29) is 11.4 Å². The van der Waals surface area contributed by atoms with Gasteiger partial charge in [0.05, 0.1) is 11.4 Å². The van der Waals surface area contributed by atoms with Crippen molar-refractivity contribution in [3.8, 4) is 5.69 Å². The highest BCUT2D eigenvalue weighted by Gasteiger charge is 2.12. The number of carbonyl (C=O) groups is 1. The molecule has 0 aliphatic rings. The topological polar surface area (TPSA) is 64.2 Å². The van der Waals surface area contributed by atoms with Crippen LogP contribution in [0.15, 0.2) is 38.6 Å². The van der Waals surface area contributed by atoms with Crippen molar-refractivity contribution in [2.45, 2.75) is 11.8 Å². The maximum atomic E-state index is 12.2. The second-order valence-electron chi connectivity index (χ2n) is 4.28. The average molecular weight is 357 g/mol. The number of hydrogen-bond donors (Lipinski definition) is 1. The van der Waals surface area contributed by atoms with Crippen molar-refractivity contribution in [1.29, 1.82) is 0 Å². The highest BCUT2D eigenvalue weighted by molar-refractivity contribution is 9.10. The van der Waals surface area contributed by atoms with Gasteiger partial charge >= 0.3 is 11.7 Å². The molecule has 0 unspecified atom stereocenters. The van der Waals surface area contributed by atoms with Crippen LogP contribution in [0.25, 0.3) is 5.69 Å². The number of thioether (sulfide) groups is 1. The second kappa shape index (κ2) is 5.88. The first-order valence-electron chi connectivity index (χ1n) is 5.79. The third-order valence-electron chi connectivity index (χ3n) is 2.87. The summed E-state index contributed by atoms with van der Waals surface area (Å²) in [6, 6.07) is 5.45. The number of benzene rings is 1. The fraction of sp³-hybridized carbons (Fsp3) is 0.231. The predicted molar refractivity (Wildman–Crippen MR) is 81.8 cm³/mol. The Labute approximate surface area is 128 Å². The summed E-state index contributed by atoms with van der Waals surface area (Å²) in [7, 11) is 1.71. The summed E-state index contributed by atoms with van der Waals surface area (Å²) >= 11 is 4.55. The van der Waals surface area contributed by atoms with Crippen molar-refractivity contribution in [3.63, 3.8) is 0 Å². The Morgan fingerprint density at radius 1 is 1.45 bits per heavy atom. The molecule has 20 heavy (non-hydrogen) atoms. The van der Waals surface area contributed by atoms with E-state index in [2.05, 4.69) is 15.9 Å². The molecule has 2 aromatic rings. The first-order chi connectivity index (χ1) is 9.40. The van der Waals surface area contributed by atoms with E-state index in [9.17, 15) is 9.59 Å². The lowest BCUT2D eigenvalue weighted by molar-refractivity contribution is -0.133. The second-order valence-corrected chi connectivity index (χ2v) is 6.21. The minimum atomic E-state index is -0.891. The number of rotatable bonds is 4. The van der Waals surface area contributed by atoms with Gasteiger partial charge in [0, 0.05) is 28.3 Å². The van der Waals surface area contributed by atoms with Gasteiger partial charge in [-0.25, -0.2) is 4.79 Å². The summed E-state index contributed by atoms with van der Waals surface area (Å²) in [5.74, 6) is -0.943. The van der Waals surface area contributed by atoms with E-state index in [1.807, 2.05) is 19.1 Å². The zero-order chi connectivity index (χ0) is 14.9. The Kier molecular flexibility index (Phi) is 4.39. The minimum absolute atomic E-state index is 0.0516. The standard InChI is InChI=1S/C13H13BrN2O3S/c1-8-6-16(13(19)15(8)2)10-4-3-9(14)5-11(10)20-7-12(17)18/h3-6H,7H2,1-2H3,(H,17,18). The number of carboxylic acids is 1. The van der Waals surface area contributed by atoms with Gasteiger partial charge in [-0.2, -0.15) is 0 Å².